The van der Waals surface area contributed by atoms with Crippen molar-refractivity contribution in [2.75, 3.05) is 15.1 Å². The van der Waals surface area contributed by atoms with Crippen LogP contribution in [0.5, 0.6) is 0 Å². The van der Waals surface area contributed by atoms with Crippen molar-refractivity contribution in [2.24, 2.45) is 0 Å². The first-order valence-corrected chi connectivity index (χ1v) is 15.0. The first kappa shape index (κ1) is 29.8. The van der Waals surface area contributed by atoms with Gasteiger partial charge in [-0.1, -0.05) is 100 Å². The minimum absolute atomic E-state index is 0.121. The van der Waals surface area contributed by atoms with E-state index in [1.807, 2.05) is 0 Å². The lowest BCUT2D eigenvalue weighted by atomic mass is 9.87. The second kappa shape index (κ2) is 11.7. The maximum atomic E-state index is 3.72. The van der Waals surface area contributed by atoms with Crippen LogP contribution in [0.15, 0.2) is 72.7 Å². The van der Waals surface area contributed by atoms with Gasteiger partial charge in [-0.05, 0) is 93.3 Å². The van der Waals surface area contributed by atoms with Crippen LogP contribution in [0.2, 0.25) is 0 Å². The van der Waals surface area contributed by atoms with E-state index in [9.17, 15) is 0 Å². The van der Waals surface area contributed by atoms with E-state index in [4.69, 9.17) is 0 Å². The van der Waals surface area contributed by atoms with Gasteiger partial charge >= 0.3 is 0 Å². The van der Waals surface area contributed by atoms with E-state index in [0.717, 1.165) is 22.9 Å². The average molecular weight is 536 g/mol. The highest BCUT2D eigenvalue weighted by Crippen LogP contribution is 2.37. The molecule has 4 rings (SSSR count). The summed E-state index contributed by atoms with van der Waals surface area (Å²) in [6, 6.07) is 22.8. The minimum atomic E-state index is 0.121. The number of rotatable bonds is 8. The van der Waals surface area contributed by atoms with Crippen LogP contribution < -0.4 is 15.1 Å². The van der Waals surface area contributed by atoms with Crippen molar-refractivity contribution < 1.29 is 0 Å². The topological polar surface area (TPSA) is 18.5 Å². The van der Waals surface area contributed by atoms with Gasteiger partial charge in [-0.2, -0.15) is 0 Å². The van der Waals surface area contributed by atoms with Gasteiger partial charge in [0.15, 0.2) is 0 Å². The Hall–Kier alpha value is -3.20. The summed E-state index contributed by atoms with van der Waals surface area (Å²) in [6.45, 7) is 28.6. The zero-order chi connectivity index (χ0) is 29.4. The molecule has 3 heteroatoms. The van der Waals surface area contributed by atoms with Crippen molar-refractivity contribution in [1.82, 2.24) is 0 Å². The fourth-order valence-corrected chi connectivity index (χ4v) is 4.91. The summed E-state index contributed by atoms with van der Waals surface area (Å²) in [7, 11) is 0. The molecule has 1 aliphatic rings. The molecule has 0 bridgehead atoms. The zero-order valence-corrected chi connectivity index (χ0v) is 26.6. The van der Waals surface area contributed by atoms with E-state index in [1.54, 1.807) is 0 Å². The molecule has 0 aromatic heterocycles. The van der Waals surface area contributed by atoms with Crippen molar-refractivity contribution in [2.45, 2.75) is 105 Å². The predicted octanol–water partition coefficient (Wildman–Crippen LogP) is 10.7. The lowest BCUT2D eigenvalue weighted by Crippen LogP contribution is -2.24. The highest BCUT2D eigenvalue weighted by atomic mass is 15.4. The summed E-state index contributed by atoms with van der Waals surface area (Å²) in [5, 5.41) is 3.72. The average Bonchev–Trinajstić information content (AvgIpc) is 3.31. The van der Waals surface area contributed by atoms with Crippen LogP contribution in [0.3, 0.4) is 0 Å². The van der Waals surface area contributed by atoms with Crippen LogP contribution in [0.1, 0.15) is 128 Å². The van der Waals surface area contributed by atoms with Crippen molar-refractivity contribution >= 4 is 17.1 Å². The van der Waals surface area contributed by atoms with Gasteiger partial charge in [0.05, 0.1) is 0 Å². The Morgan fingerprint density at radius 1 is 0.600 bits per heavy atom. The van der Waals surface area contributed by atoms with Gasteiger partial charge in [0.1, 0.15) is 5.82 Å². The summed E-state index contributed by atoms with van der Waals surface area (Å²) >= 11 is 0. The molecule has 0 aliphatic carbocycles. The monoisotopic (exact) mass is 535 g/mol. The quantitative estimate of drug-likeness (QED) is 0.309. The van der Waals surface area contributed by atoms with Crippen LogP contribution >= 0.6 is 0 Å². The third kappa shape index (κ3) is 6.74. The van der Waals surface area contributed by atoms with Gasteiger partial charge in [-0.25, -0.2) is 0 Å². The second-order valence-corrected chi connectivity index (χ2v) is 13.6. The molecule has 0 fully saturated rings. The SMILES string of the molecule is CC(C)c1cc(C(C)C)cc(N2[C]N(c3cc(C(C)C)cc(C(C)C)c3)C(Nc3ccc(C(C)(C)C)cc3)=C2)c1. The molecule has 1 N–H and O–H groups in total. The molecule has 0 atom stereocenters. The van der Waals surface area contributed by atoms with Gasteiger partial charge < -0.3 is 10.2 Å². The highest BCUT2D eigenvalue weighted by Gasteiger charge is 2.28. The summed E-state index contributed by atoms with van der Waals surface area (Å²) in [6.07, 6.45) is 2.18. The summed E-state index contributed by atoms with van der Waals surface area (Å²) in [5.41, 5.74) is 10.2. The van der Waals surface area contributed by atoms with E-state index < -0.39 is 0 Å². The zero-order valence-electron chi connectivity index (χ0n) is 26.6. The standard InChI is InChI=1S/C37H49N3/c1-24(2)28-16-29(25(3)4)19-34(18-28)39-22-36(38-33-14-12-32(13-15-33)37(9,10)11)40(23-39)35-20-30(26(5)6)17-31(21-35)27(7)8/h12-22,24-27,38H,1-11H3. The first-order chi connectivity index (χ1) is 18.7. The second-order valence-electron chi connectivity index (χ2n) is 13.6. The Morgan fingerprint density at radius 2 is 1.02 bits per heavy atom. The maximum absolute atomic E-state index is 3.72. The molecular weight excluding hydrogens is 486 g/mol. The molecule has 0 saturated heterocycles. The van der Waals surface area contributed by atoms with Crippen molar-refractivity contribution in [3.8, 4) is 0 Å². The van der Waals surface area contributed by atoms with Gasteiger partial charge in [-0.3, -0.25) is 4.90 Å². The van der Waals surface area contributed by atoms with E-state index in [1.165, 1.54) is 27.8 Å². The molecule has 0 amide bonds. The minimum Gasteiger partial charge on any atom is -0.340 e. The summed E-state index contributed by atoms with van der Waals surface area (Å²) < 4.78 is 0. The number of benzene rings is 3. The van der Waals surface area contributed by atoms with E-state index in [0.29, 0.717) is 23.7 Å². The van der Waals surface area contributed by atoms with Crippen LogP contribution in [0.4, 0.5) is 17.1 Å². The Kier molecular flexibility index (Phi) is 8.73. The molecule has 0 saturated carbocycles. The van der Waals surface area contributed by atoms with Crippen molar-refractivity contribution in [1.29, 1.82) is 0 Å². The largest absolute Gasteiger partial charge is 0.340 e. The Morgan fingerprint density at radius 3 is 1.43 bits per heavy atom. The number of anilines is 3. The molecule has 3 aromatic rings. The summed E-state index contributed by atoms with van der Waals surface area (Å²) in [5.74, 6) is 2.78. The lowest BCUT2D eigenvalue weighted by Gasteiger charge is -2.26. The van der Waals surface area contributed by atoms with E-state index in [2.05, 4.69) is 165 Å². The van der Waals surface area contributed by atoms with Gasteiger partial charge in [0.2, 0.25) is 6.67 Å². The molecule has 212 valence electrons. The van der Waals surface area contributed by atoms with Crippen LogP contribution in [0, 0.1) is 6.67 Å². The molecule has 2 radical (unpaired) electrons. The molecule has 0 spiro atoms. The normalized spacial score (nSPS) is 14.2. The van der Waals surface area contributed by atoms with Crippen molar-refractivity contribution in [3.63, 3.8) is 0 Å². The number of nitrogens with one attached hydrogen (secondary N) is 1. The third-order valence-corrected chi connectivity index (χ3v) is 7.85. The summed E-state index contributed by atoms with van der Waals surface area (Å²) in [4.78, 5) is 4.34. The number of hydrogen-bond donors (Lipinski definition) is 1. The Balaban J connectivity index is 1.79. The molecular formula is C37H49N3. The Bertz CT molecular complexity index is 1280. The number of nitrogens with zero attached hydrogens (tertiary/aromatic N) is 2. The Labute approximate surface area is 244 Å². The lowest BCUT2D eigenvalue weighted by molar-refractivity contribution is 0.590. The highest BCUT2D eigenvalue weighted by molar-refractivity contribution is 5.71. The molecule has 0 unspecified atom stereocenters. The predicted molar refractivity (Wildman–Crippen MR) is 174 cm³/mol. The fraction of sp³-hybridized carbons (Fsp3) is 0.432. The van der Waals surface area contributed by atoms with E-state index in [-0.39, 0.29) is 5.41 Å². The molecule has 1 heterocycles. The van der Waals surface area contributed by atoms with Crippen molar-refractivity contribution in [3.05, 3.63) is 107 Å². The molecule has 3 nitrogen and oxygen atoms in total. The first-order valence-electron chi connectivity index (χ1n) is 15.0. The maximum Gasteiger partial charge on any atom is 0.219 e. The smallest absolute Gasteiger partial charge is 0.219 e. The third-order valence-electron chi connectivity index (χ3n) is 7.85. The van der Waals surface area contributed by atoms with Crippen LogP contribution in [-0.4, -0.2) is 0 Å². The van der Waals surface area contributed by atoms with Crippen LogP contribution in [-0.2, 0) is 5.41 Å². The van der Waals surface area contributed by atoms with Crippen LogP contribution in [0.25, 0.3) is 0 Å². The van der Waals surface area contributed by atoms with E-state index >= 15 is 0 Å². The van der Waals surface area contributed by atoms with Gasteiger partial charge in [0, 0.05) is 23.3 Å². The fourth-order valence-electron chi connectivity index (χ4n) is 4.91. The molecule has 3 aromatic carbocycles. The van der Waals surface area contributed by atoms with Gasteiger partial charge in [-0.15, -0.1) is 0 Å². The molecule has 40 heavy (non-hydrogen) atoms. The van der Waals surface area contributed by atoms with Gasteiger partial charge in [0.25, 0.3) is 0 Å². The number of hydrogen-bond acceptors (Lipinski definition) is 3. The molecule has 1 aliphatic heterocycles.